The first-order valence-electron chi connectivity index (χ1n) is 15.0. The van der Waals surface area contributed by atoms with Crippen LogP contribution < -0.4 is 0 Å². The number of benzene rings is 4. The fraction of sp³-hybridized carbons (Fsp3) is 0.200. The van der Waals surface area contributed by atoms with Gasteiger partial charge in [0.1, 0.15) is 11.6 Å². The Morgan fingerprint density at radius 3 is 1.33 bits per heavy atom. The Bertz CT molecular complexity index is 1700. The first kappa shape index (κ1) is 35.2. The van der Waals surface area contributed by atoms with Gasteiger partial charge in [0.05, 0.1) is 17.8 Å². The van der Waals surface area contributed by atoms with E-state index in [1.165, 1.54) is 32.7 Å². The van der Waals surface area contributed by atoms with Crippen LogP contribution in [0.2, 0.25) is 0 Å². The maximum Gasteiger partial charge on any atom is 0.145 e. The smallest absolute Gasteiger partial charge is 0.145 e. The molecule has 0 saturated carbocycles. The zero-order valence-corrected chi connectivity index (χ0v) is 28.9. The number of ketones is 2. The number of rotatable bonds is 5. The summed E-state index contributed by atoms with van der Waals surface area (Å²) in [7, 11) is 0. The molecule has 0 saturated heterocycles. The molecule has 0 aliphatic carbocycles. The van der Waals surface area contributed by atoms with E-state index in [0.29, 0.717) is 0 Å². The minimum atomic E-state index is -0.384. The van der Waals surface area contributed by atoms with Gasteiger partial charge in [0.15, 0.2) is 0 Å². The van der Waals surface area contributed by atoms with E-state index >= 15 is 0 Å². The minimum Gasteiger partial charge on any atom is -0.299 e. The van der Waals surface area contributed by atoms with E-state index in [9.17, 15) is 9.59 Å². The molecule has 4 aromatic carbocycles. The van der Waals surface area contributed by atoms with Crippen LogP contribution in [0.25, 0.3) is 44.1 Å². The first-order chi connectivity index (χ1) is 21.1. The second-order valence-electron chi connectivity index (χ2n) is 12.0. The first-order valence-corrected chi connectivity index (χ1v) is 15.0. The Kier molecular flexibility index (Phi) is 13.0. The van der Waals surface area contributed by atoms with E-state index in [-0.39, 0.29) is 49.4 Å². The summed E-state index contributed by atoms with van der Waals surface area (Å²) in [4.78, 5) is 31.5. The van der Waals surface area contributed by atoms with Crippen LogP contribution in [0.15, 0.2) is 134 Å². The van der Waals surface area contributed by atoms with Gasteiger partial charge in [-0.05, 0) is 22.9 Å². The average Bonchev–Trinajstić information content (AvgIpc) is 3.05. The molecule has 5 heteroatoms. The fourth-order valence-corrected chi connectivity index (χ4v) is 4.52. The largest absolute Gasteiger partial charge is 0.299 e. The van der Waals surface area contributed by atoms with Gasteiger partial charge in [0.2, 0.25) is 0 Å². The fourth-order valence-electron chi connectivity index (χ4n) is 4.52. The molecule has 4 nitrogen and oxygen atoms in total. The Hall–Kier alpha value is -4.31. The van der Waals surface area contributed by atoms with Gasteiger partial charge in [-0.25, -0.2) is 0 Å². The molecule has 0 spiro atoms. The van der Waals surface area contributed by atoms with E-state index in [2.05, 4.69) is 82.8 Å². The molecule has 0 unspecified atom stereocenters. The van der Waals surface area contributed by atoms with Crippen molar-refractivity contribution in [2.45, 2.75) is 41.0 Å². The van der Waals surface area contributed by atoms with Gasteiger partial charge in [0, 0.05) is 65.7 Å². The van der Waals surface area contributed by atoms with Crippen LogP contribution in [0.3, 0.4) is 0 Å². The van der Waals surface area contributed by atoms with Crippen molar-refractivity contribution < 1.29 is 29.7 Å². The second kappa shape index (κ2) is 16.7. The number of hydrogen-bond donors (Lipinski definition) is 0. The van der Waals surface area contributed by atoms with Crippen LogP contribution in [-0.4, -0.2) is 21.5 Å². The van der Waals surface area contributed by atoms with Gasteiger partial charge in [-0.1, -0.05) is 144 Å². The normalized spacial score (nSPS) is 10.6. The Morgan fingerprint density at radius 1 is 0.578 bits per heavy atom. The van der Waals surface area contributed by atoms with Gasteiger partial charge < -0.3 is 0 Å². The van der Waals surface area contributed by atoms with Gasteiger partial charge in [-0.2, -0.15) is 0 Å². The summed E-state index contributed by atoms with van der Waals surface area (Å²) >= 11 is 0. The summed E-state index contributed by atoms with van der Waals surface area (Å²) in [6.45, 7) is 9.14. The standard InChI is InChI=1S/2C15H11N.C10H18O2.Ir/c2*1-2-7-13(8-3-1)15-14-9-5-4-6-12(14)10-11-16-15;1-7(2)8(11)6-9(12)10(3,4)5;/h2*1-11H;7H,6H2,1-5H3;. The minimum absolute atomic E-state index is 0. The quantitative estimate of drug-likeness (QED) is 0.164. The molecule has 231 valence electrons. The zero-order valence-electron chi connectivity index (χ0n) is 26.5. The van der Waals surface area contributed by atoms with Crippen LogP contribution in [0.1, 0.15) is 41.0 Å². The summed E-state index contributed by atoms with van der Waals surface area (Å²) in [5.41, 5.74) is 4.06. The number of carbonyl (C=O) groups excluding carboxylic acids is 2. The molecule has 0 N–H and O–H groups in total. The predicted octanol–water partition coefficient (Wildman–Crippen LogP) is 10.0. The summed E-state index contributed by atoms with van der Waals surface area (Å²) in [6.07, 6.45) is 3.82. The molecule has 0 amide bonds. The second-order valence-corrected chi connectivity index (χ2v) is 12.0. The van der Waals surface area contributed by atoms with Crippen LogP contribution in [0.4, 0.5) is 0 Å². The van der Waals surface area contributed by atoms with Crippen molar-refractivity contribution in [2.24, 2.45) is 11.3 Å². The molecule has 2 heterocycles. The Morgan fingerprint density at radius 2 is 0.956 bits per heavy atom. The monoisotopic (exact) mass is 773 g/mol. The van der Waals surface area contributed by atoms with E-state index in [1.54, 1.807) is 0 Å². The van der Waals surface area contributed by atoms with E-state index < -0.39 is 0 Å². The third kappa shape index (κ3) is 9.84. The molecule has 0 aliphatic rings. The van der Waals surface area contributed by atoms with E-state index in [4.69, 9.17) is 0 Å². The van der Waals surface area contributed by atoms with Crippen molar-refractivity contribution in [2.75, 3.05) is 0 Å². The van der Waals surface area contributed by atoms with Crippen LogP contribution in [0, 0.1) is 11.3 Å². The SMILES string of the molecule is CC(C)C(=O)CC(=O)C(C)(C)C.[Ir].c1ccc(-c2nccc3ccccc23)cc1.c1ccc(-c2nccc3ccccc23)cc1. The number of carbonyl (C=O) groups is 2. The van der Waals surface area contributed by atoms with Gasteiger partial charge in [-0.3, -0.25) is 19.6 Å². The summed E-state index contributed by atoms with van der Waals surface area (Å²) in [5.74, 6) is 0.0347. The third-order valence-electron chi connectivity index (χ3n) is 7.26. The zero-order chi connectivity index (χ0) is 31.5. The molecule has 0 fully saturated rings. The van der Waals surface area contributed by atoms with Gasteiger partial charge in [0.25, 0.3) is 0 Å². The third-order valence-corrected chi connectivity index (χ3v) is 7.26. The molecular formula is C40H40IrN2O2. The Balaban J connectivity index is 0.000000185. The number of nitrogens with zero attached hydrogens (tertiary/aromatic N) is 2. The molecule has 0 bridgehead atoms. The van der Waals surface area contributed by atoms with Crippen molar-refractivity contribution in [1.82, 2.24) is 9.97 Å². The van der Waals surface area contributed by atoms with Crippen LogP contribution in [-0.2, 0) is 29.7 Å². The van der Waals surface area contributed by atoms with Crippen molar-refractivity contribution >= 4 is 33.1 Å². The summed E-state index contributed by atoms with van der Waals surface area (Å²) < 4.78 is 0. The van der Waals surface area contributed by atoms with Crippen molar-refractivity contribution in [1.29, 1.82) is 0 Å². The number of Topliss-reactive ketones (excluding diaryl/α,β-unsaturated/α-hetero) is 2. The molecular weight excluding hydrogens is 733 g/mol. The molecule has 0 atom stereocenters. The van der Waals surface area contributed by atoms with E-state index in [1.807, 2.05) is 95.5 Å². The molecule has 6 aromatic rings. The topological polar surface area (TPSA) is 59.9 Å². The van der Waals surface area contributed by atoms with E-state index in [0.717, 1.165) is 11.4 Å². The Labute approximate surface area is 280 Å². The van der Waals surface area contributed by atoms with Crippen molar-refractivity contribution in [3.63, 3.8) is 0 Å². The number of aromatic nitrogens is 2. The molecule has 45 heavy (non-hydrogen) atoms. The predicted molar refractivity (Wildman–Crippen MR) is 183 cm³/mol. The van der Waals surface area contributed by atoms with Crippen LogP contribution in [0.5, 0.6) is 0 Å². The van der Waals surface area contributed by atoms with Crippen LogP contribution >= 0.6 is 0 Å². The number of fused-ring (bicyclic) bond motifs is 2. The molecule has 1 radical (unpaired) electrons. The maximum atomic E-state index is 11.4. The average molecular weight is 773 g/mol. The number of hydrogen-bond acceptors (Lipinski definition) is 4. The van der Waals surface area contributed by atoms with Crippen molar-refractivity contribution in [3.8, 4) is 22.5 Å². The van der Waals surface area contributed by atoms with Crippen molar-refractivity contribution in [3.05, 3.63) is 134 Å². The number of pyridine rings is 2. The summed E-state index contributed by atoms with van der Waals surface area (Å²) in [5, 5.41) is 4.88. The molecule has 2 aromatic heterocycles. The van der Waals surface area contributed by atoms with Gasteiger partial charge >= 0.3 is 0 Å². The molecule has 0 aliphatic heterocycles. The molecule has 6 rings (SSSR count). The summed E-state index contributed by atoms with van der Waals surface area (Å²) in [6, 6.07) is 41.3. The van der Waals surface area contributed by atoms with Gasteiger partial charge in [-0.15, -0.1) is 0 Å². The maximum absolute atomic E-state index is 11.4.